The van der Waals surface area contributed by atoms with Crippen molar-refractivity contribution in [2.75, 3.05) is 5.32 Å². The third kappa shape index (κ3) is 2.16. The summed E-state index contributed by atoms with van der Waals surface area (Å²) in [5.41, 5.74) is 0.658. The molecule has 0 atom stereocenters. The Morgan fingerprint density at radius 1 is 1.29 bits per heavy atom. The molecule has 1 aromatic carbocycles. The van der Waals surface area contributed by atoms with Gasteiger partial charge in [-0.1, -0.05) is 19.1 Å². The summed E-state index contributed by atoms with van der Waals surface area (Å²) < 4.78 is 0. The molecule has 1 amide bonds. The normalized spacial score (nSPS) is 16.3. The smallest absolute Gasteiger partial charge is 0.319 e. The minimum absolute atomic E-state index is 0.408. The van der Waals surface area contributed by atoms with Gasteiger partial charge in [0.1, 0.15) is 5.41 Å². The van der Waals surface area contributed by atoms with E-state index in [-0.39, 0.29) is 0 Å². The molecule has 1 aliphatic rings. The van der Waals surface area contributed by atoms with E-state index in [2.05, 4.69) is 12.2 Å². The number of hydrogen-bond donors (Lipinski definition) is 2. The number of aliphatic carboxylic acids is 1. The molecule has 90 valence electrons. The van der Waals surface area contributed by atoms with Crippen molar-refractivity contribution in [3.8, 4) is 0 Å². The van der Waals surface area contributed by atoms with Crippen molar-refractivity contribution in [2.24, 2.45) is 5.41 Å². The largest absolute Gasteiger partial charge is 0.480 e. The van der Waals surface area contributed by atoms with E-state index in [0.29, 0.717) is 18.5 Å². The van der Waals surface area contributed by atoms with Crippen LogP contribution in [-0.4, -0.2) is 17.0 Å². The minimum atomic E-state index is -1.18. The van der Waals surface area contributed by atoms with Crippen molar-refractivity contribution in [3.05, 3.63) is 29.8 Å². The van der Waals surface area contributed by atoms with Crippen LogP contribution in [0, 0.1) is 5.41 Å². The molecule has 1 saturated carbocycles. The average molecular weight is 233 g/mol. The van der Waals surface area contributed by atoms with Crippen LogP contribution in [0.4, 0.5) is 5.69 Å². The van der Waals surface area contributed by atoms with Gasteiger partial charge in [0, 0.05) is 5.69 Å². The molecule has 0 spiro atoms. The Morgan fingerprint density at radius 2 is 1.88 bits per heavy atom. The molecule has 17 heavy (non-hydrogen) atoms. The monoisotopic (exact) mass is 233 g/mol. The number of carbonyl (C=O) groups is 2. The van der Waals surface area contributed by atoms with Crippen molar-refractivity contribution < 1.29 is 14.7 Å². The number of carboxylic acids is 1. The van der Waals surface area contributed by atoms with E-state index >= 15 is 0 Å². The van der Waals surface area contributed by atoms with E-state index in [1.165, 1.54) is 5.56 Å². The van der Waals surface area contributed by atoms with Crippen LogP contribution in [0.15, 0.2) is 24.3 Å². The van der Waals surface area contributed by atoms with E-state index in [9.17, 15) is 9.59 Å². The van der Waals surface area contributed by atoms with Crippen LogP contribution in [-0.2, 0) is 16.0 Å². The first-order valence-corrected chi connectivity index (χ1v) is 5.72. The van der Waals surface area contributed by atoms with Crippen LogP contribution < -0.4 is 5.32 Å². The maximum Gasteiger partial charge on any atom is 0.319 e. The summed E-state index contributed by atoms with van der Waals surface area (Å²) in [4.78, 5) is 22.8. The molecule has 0 aromatic heterocycles. The first kappa shape index (κ1) is 11.6. The fourth-order valence-corrected chi connectivity index (χ4v) is 1.74. The SMILES string of the molecule is CCc1ccc(NC(=O)C2(C(=O)O)CC2)cc1. The Morgan fingerprint density at radius 3 is 2.29 bits per heavy atom. The summed E-state index contributed by atoms with van der Waals surface area (Å²) in [7, 11) is 0. The third-order valence-corrected chi connectivity index (χ3v) is 3.21. The van der Waals surface area contributed by atoms with E-state index < -0.39 is 17.3 Å². The fraction of sp³-hybridized carbons (Fsp3) is 0.385. The average Bonchev–Trinajstić information content (AvgIpc) is 3.11. The number of benzene rings is 1. The molecular formula is C13H15NO3. The maximum absolute atomic E-state index is 11.8. The maximum atomic E-state index is 11.8. The molecule has 4 heteroatoms. The highest BCUT2D eigenvalue weighted by Gasteiger charge is 2.57. The van der Waals surface area contributed by atoms with Gasteiger partial charge in [-0.25, -0.2) is 0 Å². The molecule has 0 radical (unpaired) electrons. The quantitative estimate of drug-likeness (QED) is 0.782. The van der Waals surface area contributed by atoms with Gasteiger partial charge in [0.15, 0.2) is 0 Å². The number of rotatable bonds is 4. The number of aryl methyl sites for hydroxylation is 1. The first-order chi connectivity index (χ1) is 8.08. The van der Waals surface area contributed by atoms with Crippen LogP contribution in [0.1, 0.15) is 25.3 Å². The molecule has 0 aliphatic heterocycles. The zero-order chi connectivity index (χ0) is 12.5. The second-order valence-corrected chi connectivity index (χ2v) is 4.39. The number of amides is 1. The van der Waals surface area contributed by atoms with Crippen LogP contribution in [0.5, 0.6) is 0 Å². The molecule has 0 saturated heterocycles. The molecule has 2 N–H and O–H groups in total. The van der Waals surface area contributed by atoms with Gasteiger partial charge in [-0.15, -0.1) is 0 Å². The second kappa shape index (κ2) is 4.20. The van der Waals surface area contributed by atoms with Crippen molar-refractivity contribution >= 4 is 17.6 Å². The standard InChI is InChI=1S/C13H15NO3/c1-2-9-3-5-10(6-4-9)14-11(15)13(7-8-13)12(16)17/h3-6H,2,7-8H2,1H3,(H,14,15)(H,16,17). The lowest BCUT2D eigenvalue weighted by Crippen LogP contribution is -2.31. The summed E-state index contributed by atoms with van der Waals surface area (Å²) in [5, 5.41) is 11.6. The van der Waals surface area contributed by atoms with Crippen molar-refractivity contribution in [3.63, 3.8) is 0 Å². The Bertz CT molecular complexity index is 446. The third-order valence-electron chi connectivity index (χ3n) is 3.21. The zero-order valence-electron chi connectivity index (χ0n) is 9.69. The Kier molecular flexibility index (Phi) is 2.88. The molecule has 4 nitrogen and oxygen atoms in total. The number of nitrogens with one attached hydrogen (secondary N) is 1. The number of carboxylic acid groups (broad SMARTS) is 1. The molecule has 1 fully saturated rings. The zero-order valence-corrected chi connectivity index (χ0v) is 9.69. The summed E-state index contributed by atoms with van der Waals surface area (Å²) in [6.07, 6.45) is 1.80. The van der Waals surface area contributed by atoms with Crippen molar-refractivity contribution in [2.45, 2.75) is 26.2 Å². The van der Waals surface area contributed by atoms with E-state index in [1.807, 2.05) is 12.1 Å². The van der Waals surface area contributed by atoms with Gasteiger partial charge >= 0.3 is 5.97 Å². The summed E-state index contributed by atoms with van der Waals surface area (Å²) >= 11 is 0. The lowest BCUT2D eigenvalue weighted by molar-refractivity contribution is -0.147. The van der Waals surface area contributed by atoms with E-state index in [1.54, 1.807) is 12.1 Å². The fourth-order valence-electron chi connectivity index (χ4n) is 1.74. The second-order valence-electron chi connectivity index (χ2n) is 4.39. The summed E-state index contributed by atoms with van der Waals surface area (Å²) in [6.45, 7) is 2.05. The highest BCUT2D eigenvalue weighted by atomic mass is 16.4. The highest BCUT2D eigenvalue weighted by Crippen LogP contribution is 2.46. The topological polar surface area (TPSA) is 66.4 Å². The summed E-state index contributed by atoms with van der Waals surface area (Å²) in [6, 6.07) is 7.45. The van der Waals surface area contributed by atoms with Gasteiger partial charge in [0.05, 0.1) is 0 Å². The van der Waals surface area contributed by atoms with E-state index in [4.69, 9.17) is 5.11 Å². The lowest BCUT2D eigenvalue weighted by Gasteiger charge is -2.10. The predicted octanol–water partition coefficient (Wildman–Crippen LogP) is 2.05. The van der Waals surface area contributed by atoms with Gasteiger partial charge in [-0.3, -0.25) is 9.59 Å². The number of hydrogen-bond acceptors (Lipinski definition) is 2. The minimum Gasteiger partial charge on any atom is -0.480 e. The van der Waals surface area contributed by atoms with Gasteiger partial charge in [-0.05, 0) is 37.0 Å². The highest BCUT2D eigenvalue weighted by molar-refractivity contribution is 6.10. The Balaban J connectivity index is 2.06. The molecule has 0 bridgehead atoms. The molecule has 0 unspecified atom stereocenters. The van der Waals surface area contributed by atoms with Gasteiger partial charge < -0.3 is 10.4 Å². The van der Waals surface area contributed by atoms with Gasteiger partial charge in [0.25, 0.3) is 0 Å². The van der Waals surface area contributed by atoms with Gasteiger partial charge in [-0.2, -0.15) is 0 Å². The van der Waals surface area contributed by atoms with E-state index in [0.717, 1.165) is 6.42 Å². The van der Waals surface area contributed by atoms with Crippen LogP contribution in [0.3, 0.4) is 0 Å². The lowest BCUT2D eigenvalue weighted by atomic mass is 10.1. The molecular weight excluding hydrogens is 218 g/mol. The number of anilines is 1. The molecule has 1 aromatic rings. The molecule has 0 heterocycles. The molecule has 1 aliphatic carbocycles. The molecule has 2 rings (SSSR count). The Labute approximate surface area is 99.6 Å². The van der Waals surface area contributed by atoms with Crippen molar-refractivity contribution in [1.82, 2.24) is 0 Å². The van der Waals surface area contributed by atoms with Crippen LogP contribution in [0.2, 0.25) is 0 Å². The first-order valence-electron chi connectivity index (χ1n) is 5.72. The Hall–Kier alpha value is -1.84. The van der Waals surface area contributed by atoms with Crippen LogP contribution >= 0.6 is 0 Å². The van der Waals surface area contributed by atoms with Crippen molar-refractivity contribution in [1.29, 1.82) is 0 Å². The van der Waals surface area contributed by atoms with Gasteiger partial charge in [0.2, 0.25) is 5.91 Å². The number of carbonyl (C=O) groups excluding carboxylic acids is 1. The van der Waals surface area contributed by atoms with Crippen LogP contribution in [0.25, 0.3) is 0 Å². The predicted molar refractivity (Wildman–Crippen MR) is 63.8 cm³/mol. The summed E-state index contributed by atoms with van der Waals surface area (Å²) in [5.74, 6) is -1.44.